The summed E-state index contributed by atoms with van der Waals surface area (Å²) in [5, 5.41) is 2.71. The average Bonchev–Trinajstić information content (AvgIpc) is 2.42. The topological polar surface area (TPSA) is 101 Å². The molecule has 21 heavy (non-hydrogen) atoms. The van der Waals surface area contributed by atoms with Crippen LogP contribution in [-0.4, -0.2) is 20.5 Å². The molecule has 0 aromatic heterocycles. The number of amides is 2. The van der Waals surface area contributed by atoms with Crippen LogP contribution in [-0.2, 0) is 10.0 Å². The number of carbonyl (C=O) groups is 1. The summed E-state index contributed by atoms with van der Waals surface area (Å²) in [6.45, 7) is 1.79. The van der Waals surface area contributed by atoms with Crippen molar-refractivity contribution in [2.24, 2.45) is 0 Å². The molecular formula is C14H21N3O3S. The minimum Gasteiger partial charge on any atom is -0.398 e. The summed E-state index contributed by atoms with van der Waals surface area (Å²) < 4.78 is 26.3. The number of hydrogen-bond acceptors (Lipinski definition) is 4. The zero-order valence-electron chi connectivity index (χ0n) is 12.1. The molecule has 0 saturated heterocycles. The lowest BCUT2D eigenvalue weighted by Crippen LogP contribution is -2.45. The molecule has 0 unspecified atom stereocenters. The van der Waals surface area contributed by atoms with Crippen LogP contribution in [0.15, 0.2) is 23.1 Å². The zero-order chi connectivity index (χ0) is 15.5. The third-order valence-corrected chi connectivity index (χ3v) is 5.06. The molecule has 1 aliphatic rings. The van der Waals surface area contributed by atoms with Gasteiger partial charge in [-0.15, -0.1) is 0 Å². The van der Waals surface area contributed by atoms with Gasteiger partial charge in [0.2, 0.25) is 0 Å². The molecule has 2 rings (SSSR count). The number of nitrogens with one attached hydrogen (secondary N) is 2. The molecule has 4 N–H and O–H groups in total. The van der Waals surface area contributed by atoms with E-state index in [0.29, 0.717) is 5.69 Å². The van der Waals surface area contributed by atoms with Crippen LogP contribution < -0.4 is 15.8 Å². The van der Waals surface area contributed by atoms with Crippen LogP contribution in [0.1, 0.15) is 37.7 Å². The molecule has 116 valence electrons. The van der Waals surface area contributed by atoms with Gasteiger partial charge in [-0.05, 0) is 37.5 Å². The van der Waals surface area contributed by atoms with Gasteiger partial charge in [-0.1, -0.05) is 25.3 Å². The summed E-state index contributed by atoms with van der Waals surface area (Å²) in [6.07, 6.45) is 5.08. The molecule has 0 aliphatic heterocycles. The second-order valence-electron chi connectivity index (χ2n) is 5.43. The number of sulfonamides is 1. The van der Waals surface area contributed by atoms with E-state index in [2.05, 4.69) is 5.32 Å². The Bertz CT molecular complexity index is 622. The first-order valence-electron chi connectivity index (χ1n) is 7.08. The fraction of sp³-hybridized carbons (Fsp3) is 0.500. The highest BCUT2D eigenvalue weighted by molar-refractivity contribution is 7.90. The lowest BCUT2D eigenvalue weighted by molar-refractivity contribution is 0.237. The molecule has 1 aliphatic carbocycles. The lowest BCUT2D eigenvalue weighted by atomic mass is 9.96. The van der Waals surface area contributed by atoms with E-state index >= 15 is 0 Å². The third kappa shape index (κ3) is 4.10. The Morgan fingerprint density at radius 1 is 1.24 bits per heavy atom. The van der Waals surface area contributed by atoms with Crippen molar-refractivity contribution in [3.8, 4) is 0 Å². The van der Waals surface area contributed by atoms with Gasteiger partial charge < -0.3 is 11.1 Å². The van der Waals surface area contributed by atoms with Gasteiger partial charge in [0.25, 0.3) is 10.0 Å². The summed E-state index contributed by atoms with van der Waals surface area (Å²) in [6, 6.07) is 3.77. The predicted octanol–water partition coefficient (Wildman–Crippen LogP) is 1.90. The minimum absolute atomic E-state index is 0.00982. The molecule has 1 aromatic carbocycles. The van der Waals surface area contributed by atoms with Crippen LogP contribution in [0.4, 0.5) is 10.5 Å². The highest BCUT2D eigenvalue weighted by Gasteiger charge is 2.21. The number of aryl methyl sites for hydroxylation is 1. The maximum absolute atomic E-state index is 12.1. The first-order chi connectivity index (χ1) is 9.88. The maximum Gasteiger partial charge on any atom is 0.328 e. The Kier molecular flexibility index (Phi) is 4.72. The molecule has 0 atom stereocenters. The van der Waals surface area contributed by atoms with Gasteiger partial charge in [-0.2, -0.15) is 0 Å². The second kappa shape index (κ2) is 6.34. The van der Waals surface area contributed by atoms with Gasteiger partial charge in [0.05, 0.1) is 4.90 Å². The molecule has 0 radical (unpaired) electrons. The van der Waals surface area contributed by atoms with Gasteiger partial charge >= 0.3 is 6.03 Å². The van der Waals surface area contributed by atoms with Crippen LogP contribution in [0.5, 0.6) is 0 Å². The zero-order valence-corrected chi connectivity index (χ0v) is 12.9. The Morgan fingerprint density at radius 2 is 1.90 bits per heavy atom. The Labute approximate surface area is 125 Å². The van der Waals surface area contributed by atoms with Crippen LogP contribution in [0.25, 0.3) is 0 Å². The largest absolute Gasteiger partial charge is 0.398 e. The number of carbonyl (C=O) groups excluding carboxylic acids is 1. The van der Waals surface area contributed by atoms with E-state index in [1.165, 1.54) is 18.6 Å². The fourth-order valence-electron chi connectivity index (χ4n) is 2.43. The fourth-order valence-corrected chi connectivity index (χ4v) is 3.38. The van der Waals surface area contributed by atoms with E-state index in [-0.39, 0.29) is 10.9 Å². The van der Waals surface area contributed by atoms with Crippen LogP contribution >= 0.6 is 0 Å². The Hall–Kier alpha value is -1.76. The number of nitrogen functional groups attached to an aromatic ring is 1. The standard InChI is InChI=1S/C14H21N3O3S/c1-10-7-8-12(9-13(10)15)21(19,20)17-14(18)16-11-5-3-2-4-6-11/h7-9,11H,2-6,15H2,1H3,(H2,16,17,18). The van der Waals surface area contributed by atoms with Crippen LogP contribution in [0, 0.1) is 6.92 Å². The van der Waals surface area contributed by atoms with Crippen molar-refractivity contribution < 1.29 is 13.2 Å². The van der Waals surface area contributed by atoms with E-state index in [0.717, 1.165) is 31.2 Å². The smallest absolute Gasteiger partial charge is 0.328 e. The summed E-state index contributed by atoms with van der Waals surface area (Å²) in [5.41, 5.74) is 6.88. The number of anilines is 1. The van der Waals surface area contributed by atoms with E-state index in [9.17, 15) is 13.2 Å². The van der Waals surface area contributed by atoms with Crippen molar-refractivity contribution in [1.82, 2.24) is 10.0 Å². The summed E-state index contributed by atoms with van der Waals surface area (Å²) in [7, 11) is -3.89. The van der Waals surface area contributed by atoms with E-state index in [1.54, 1.807) is 13.0 Å². The molecule has 0 heterocycles. The number of rotatable bonds is 3. The van der Waals surface area contributed by atoms with Crippen LogP contribution in [0.2, 0.25) is 0 Å². The van der Waals surface area contributed by atoms with Crippen molar-refractivity contribution >= 4 is 21.7 Å². The third-order valence-electron chi connectivity index (χ3n) is 3.73. The van der Waals surface area contributed by atoms with Gasteiger partial charge in [0.15, 0.2) is 0 Å². The first kappa shape index (κ1) is 15.6. The SMILES string of the molecule is Cc1ccc(S(=O)(=O)NC(=O)NC2CCCCC2)cc1N. The summed E-state index contributed by atoms with van der Waals surface area (Å²) in [4.78, 5) is 11.8. The highest BCUT2D eigenvalue weighted by atomic mass is 32.2. The number of nitrogens with two attached hydrogens (primary N) is 1. The van der Waals surface area contributed by atoms with Crippen molar-refractivity contribution in [2.75, 3.05) is 5.73 Å². The predicted molar refractivity (Wildman–Crippen MR) is 81.3 cm³/mol. The van der Waals surface area contributed by atoms with E-state index in [4.69, 9.17) is 5.73 Å². The number of hydrogen-bond donors (Lipinski definition) is 3. The van der Waals surface area contributed by atoms with Gasteiger partial charge in [-0.3, -0.25) is 0 Å². The van der Waals surface area contributed by atoms with Crippen molar-refractivity contribution in [1.29, 1.82) is 0 Å². The molecular weight excluding hydrogens is 290 g/mol. The summed E-state index contributed by atoms with van der Waals surface area (Å²) >= 11 is 0. The Morgan fingerprint density at radius 3 is 2.52 bits per heavy atom. The molecule has 0 spiro atoms. The Balaban J connectivity index is 2.02. The summed E-state index contributed by atoms with van der Waals surface area (Å²) in [5.74, 6) is 0. The quantitative estimate of drug-likeness (QED) is 0.742. The molecule has 6 nitrogen and oxygen atoms in total. The van der Waals surface area contributed by atoms with Gasteiger partial charge in [0, 0.05) is 11.7 Å². The first-order valence-corrected chi connectivity index (χ1v) is 8.56. The molecule has 1 saturated carbocycles. The van der Waals surface area contributed by atoms with Crippen molar-refractivity contribution in [3.05, 3.63) is 23.8 Å². The van der Waals surface area contributed by atoms with Crippen molar-refractivity contribution in [2.45, 2.75) is 50.0 Å². The van der Waals surface area contributed by atoms with Gasteiger partial charge in [0.1, 0.15) is 0 Å². The molecule has 1 fully saturated rings. The minimum atomic E-state index is -3.89. The number of benzene rings is 1. The molecule has 1 aromatic rings. The van der Waals surface area contributed by atoms with Crippen LogP contribution in [0.3, 0.4) is 0 Å². The lowest BCUT2D eigenvalue weighted by Gasteiger charge is -2.22. The monoisotopic (exact) mass is 311 g/mol. The maximum atomic E-state index is 12.1. The molecule has 0 bridgehead atoms. The second-order valence-corrected chi connectivity index (χ2v) is 7.11. The van der Waals surface area contributed by atoms with E-state index < -0.39 is 16.1 Å². The van der Waals surface area contributed by atoms with Crippen molar-refractivity contribution in [3.63, 3.8) is 0 Å². The van der Waals surface area contributed by atoms with Gasteiger partial charge in [-0.25, -0.2) is 17.9 Å². The average molecular weight is 311 g/mol. The normalized spacial score (nSPS) is 16.4. The number of urea groups is 1. The van der Waals surface area contributed by atoms with E-state index in [1.807, 2.05) is 4.72 Å². The highest BCUT2D eigenvalue weighted by Crippen LogP contribution is 2.18. The molecule has 7 heteroatoms. The molecule has 2 amide bonds.